The number of aliphatic hydroxyl groups excluding tert-OH is 1. The summed E-state index contributed by atoms with van der Waals surface area (Å²) in [5, 5.41) is 9.51. The summed E-state index contributed by atoms with van der Waals surface area (Å²) in [4.78, 5) is 0. The minimum absolute atomic E-state index is 0.138. The van der Waals surface area contributed by atoms with E-state index < -0.39 is 8.32 Å². The molecule has 0 aromatic carbocycles. The van der Waals surface area contributed by atoms with Gasteiger partial charge < -0.3 is 9.53 Å². The Labute approximate surface area is 156 Å². The minimum atomic E-state index is -1.77. The summed E-state index contributed by atoms with van der Waals surface area (Å²) in [5.41, 5.74) is 0. The fraction of sp³-hybridized carbons (Fsp3) is 0.818. The highest BCUT2D eigenvalue weighted by molar-refractivity contribution is 6.74. The molecule has 0 heterocycles. The third kappa shape index (κ3) is 4.31. The largest absolute Gasteiger partial charge is 0.413 e. The van der Waals surface area contributed by atoms with E-state index in [1.54, 1.807) is 0 Å². The second-order valence-electron chi connectivity index (χ2n) is 10.1. The molecule has 2 aliphatic rings. The van der Waals surface area contributed by atoms with Gasteiger partial charge in [0.1, 0.15) is 0 Å². The van der Waals surface area contributed by atoms with Crippen LogP contribution in [0.5, 0.6) is 0 Å². The van der Waals surface area contributed by atoms with Crippen LogP contribution in [0.3, 0.4) is 0 Å². The Morgan fingerprint density at radius 2 is 1.80 bits per heavy atom. The van der Waals surface area contributed by atoms with Crippen LogP contribution in [0.2, 0.25) is 18.1 Å². The molecule has 144 valence electrons. The van der Waals surface area contributed by atoms with Gasteiger partial charge in [-0.2, -0.15) is 0 Å². The van der Waals surface area contributed by atoms with E-state index in [4.69, 9.17) is 4.43 Å². The van der Waals surface area contributed by atoms with Gasteiger partial charge in [-0.3, -0.25) is 0 Å². The molecule has 0 aliphatic heterocycles. The highest BCUT2D eigenvalue weighted by Gasteiger charge is 2.49. The molecule has 1 N–H and O–H groups in total. The smallest absolute Gasteiger partial charge is 0.192 e. The molecule has 7 atom stereocenters. The maximum atomic E-state index is 9.26. The van der Waals surface area contributed by atoms with Crippen molar-refractivity contribution < 1.29 is 9.53 Å². The molecular weight excluding hydrogens is 324 g/mol. The van der Waals surface area contributed by atoms with Crippen LogP contribution < -0.4 is 0 Å². The van der Waals surface area contributed by atoms with Gasteiger partial charge in [0.25, 0.3) is 0 Å². The van der Waals surface area contributed by atoms with Crippen molar-refractivity contribution in [1.82, 2.24) is 0 Å². The Kier molecular flexibility index (Phi) is 6.44. The van der Waals surface area contributed by atoms with Crippen LogP contribution in [-0.4, -0.2) is 26.1 Å². The minimum Gasteiger partial charge on any atom is -0.413 e. The number of rotatable bonds is 4. The molecule has 2 rings (SSSR count). The predicted octanol–water partition coefficient (Wildman–Crippen LogP) is 5.66. The number of allylic oxidation sites excluding steroid dienone is 3. The number of hydrogen-bond acceptors (Lipinski definition) is 2. The average Bonchev–Trinajstić information content (AvgIpc) is 2.49. The summed E-state index contributed by atoms with van der Waals surface area (Å²) in [7, 11) is -1.77. The van der Waals surface area contributed by atoms with Gasteiger partial charge in [-0.05, 0) is 60.1 Å². The van der Waals surface area contributed by atoms with E-state index in [0.717, 1.165) is 0 Å². The Bertz CT molecular complexity index is 503. The standard InChI is InChI=1S/C22H40O2Si/c1-15-11-12-18-14-16(2)21(24-25(7,8)22(4,5)6)17(3)20(18)19(15)10-9-13-23/h9-12,15-21,23H,13-14H2,1-8H3/b10-9+/t15-,16+,17-,18-,19-,20-,21-/m0/s1. The first kappa shape index (κ1) is 20.9. The van der Waals surface area contributed by atoms with Crippen molar-refractivity contribution >= 4 is 8.32 Å². The van der Waals surface area contributed by atoms with Gasteiger partial charge in [0.05, 0.1) is 12.7 Å². The average molecular weight is 365 g/mol. The van der Waals surface area contributed by atoms with Crippen molar-refractivity contribution in [2.45, 2.75) is 72.2 Å². The molecule has 0 aromatic heterocycles. The van der Waals surface area contributed by atoms with E-state index >= 15 is 0 Å². The van der Waals surface area contributed by atoms with E-state index in [2.05, 4.69) is 72.9 Å². The number of fused-ring (bicyclic) bond motifs is 1. The van der Waals surface area contributed by atoms with Crippen LogP contribution in [0, 0.1) is 35.5 Å². The SMILES string of the molecule is C[C@@H]1[C@@H](O[Si](C)(C)C(C)(C)C)[C@H](C)C[C@@H]2C=C[C@H](C)[C@H](/C=C/CO)[C@@H]12. The molecule has 3 heteroatoms. The van der Waals surface area contributed by atoms with Crippen molar-refractivity contribution in [3.63, 3.8) is 0 Å². The zero-order valence-corrected chi connectivity index (χ0v) is 18.6. The van der Waals surface area contributed by atoms with Crippen molar-refractivity contribution in [3.8, 4) is 0 Å². The van der Waals surface area contributed by atoms with Crippen LogP contribution in [0.15, 0.2) is 24.3 Å². The molecule has 25 heavy (non-hydrogen) atoms. The fourth-order valence-electron chi connectivity index (χ4n) is 4.75. The summed E-state index contributed by atoms with van der Waals surface area (Å²) in [6.07, 6.45) is 10.6. The zero-order valence-electron chi connectivity index (χ0n) is 17.6. The summed E-state index contributed by atoms with van der Waals surface area (Å²) in [5.74, 6) is 3.46. The highest BCUT2D eigenvalue weighted by Crippen LogP contribution is 2.50. The lowest BCUT2D eigenvalue weighted by Gasteiger charge is -2.52. The molecule has 0 amide bonds. The lowest BCUT2D eigenvalue weighted by Crippen LogP contribution is -2.53. The van der Waals surface area contributed by atoms with Gasteiger partial charge in [-0.15, -0.1) is 0 Å². The molecule has 1 fully saturated rings. The Hall–Kier alpha value is -0.383. The maximum absolute atomic E-state index is 9.26. The lowest BCUT2D eigenvalue weighted by atomic mass is 9.58. The first-order chi connectivity index (χ1) is 11.5. The fourth-order valence-corrected chi connectivity index (χ4v) is 6.23. The van der Waals surface area contributed by atoms with Crippen molar-refractivity contribution in [2.75, 3.05) is 6.61 Å². The van der Waals surface area contributed by atoms with Crippen LogP contribution in [0.1, 0.15) is 48.0 Å². The molecule has 0 saturated heterocycles. The van der Waals surface area contributed by atoms with Crippen molar-refractivity contribution in [3.05, 3.63) is 24.3 Å². The van der Waals surface area contributed by atoms with Crippen LogP contribution in [0.4, 0.5) is 0 Å². The van der Waals surface area contributed by atoms with Gasteiger partial charge in [-0.1, -0.05) is 65.8 Å². The van der Waals surface area contributed by atoms with E-state index in [-0.39, 0.29) is 11.6 Å². The molecule has 0 unspecified atom stereocenters. The van der Waals surface area contributed by atoms with Gasteiger partial charge in [0, 0.05) is 0 Å². The maximum Gasteiger partial charge on any atom is 0.192 e. The van der Waals surface area contributed by atoms with Crippen LogP contribution >= 0.6 is 0 Å². The van der Waals surface area contributed by atoms with E-state index in [1.807, 2.05) is 6.08 Å². The van der Waals surface area contributed by atoms with Gasteiger partial charge in [0.2, 0.25) is 0 Å². The van der Waals surface area contributed by atoms with Gasteiger partial charge in [0.15, 0.2) is 8.32 Å². The predicted molar refractivity (Wildman–Crippen MR) is 110 cm³/mol. The Morgan fingerprint density at radius 3 is 2.36 bits per heavy atom. The van der Waals surface area contributed by atoms with Crippen molar-refractivity contribution in [2.24, 2.45) is 35.5 Å². The second kappa shape index (κ2) is 7.70. The first-order valence-corrected chi connectivity index (χ1v) is 13.0. The molecule has 2 aliphatic carbocycles. The molecule has 2 nitrogen and oxygen atoms in total. The second-order valence-corrected chi connectivity index (χ2v) is 14.8. The Morgan fingerprint density at radius 1 is 1.16 bits per heavy atom. The van der Waals surface area contributed by atoms with E-state index in [1.165, 1.54) is 6.42 Å². The summed E-state index contributed by atoms with van der Waals surface area (Å²) >= 11 is 0. The highest BCUT2D eigenvalue weighted by atomic mass is 28.4. The molecule has 0 radical (unpaired) electrons. The quantitative estimate of drug-likeness (QED) is 0.515. The third-order valence-electron chi connectivity index (χ3n) is 7.24. The normalized spacial score (nSPS) is 39.6. The Balaban J connectivity index is 2.28. The van der Waals surface area contributed by atoms with Gasteiger partial charge >= 0.3 is 0 Å². The summed E-state index contributed by atoms with van der Waals surface area (Å²) < 4.78 is 6.95. The molecular formula is C22H40O2Si. The lowest BCUT2D eigenvalue weighted by molar-refractivity contribution is -0.0311. The molecule has 0 bridgehead atoms. The zero-order chi connectivity index (χ0) is 19.0. The van der Waals surface area contributed by atoms with Crippen LogP contribution in [0.25, 0.3) is 0 Å². The summed E-state index contributed by atoms with van der Waals surface area (Å²) in [6, 6.07) is 0. The molecule has 0 spiro atoms. The summed E-state index contributed by atoms with van der Waals surface area (Å²) in [6.45, 7) is 19.0. The van der Waals surface area contributed by atoms with Crippen molar-refractivity contribution in [1.29, 1.82) is 0 Å². The number of hydrogen-bond donors (Lipinski definition) is 1. The number of aliphatic hydroxyl groups is 1. The first-order valence-electron chi connectivity index (χ1n) is 10.1. The van der Waals surface area contributed by atoms with E-state index in [0.29, 0.717) is 41.6 Å². The van der Waals surface area contributed by atoms with Gasteiger partial charge in [-0.25, -0.2) is 0 Å². The topological polar surface area (TPSA) is 29.5 Å². The molecule has 0 aromatic rings. The van der Waals surface area contributed by atoms with E-state index in [9.17, 15) is 5.11 Å². The molecule has 1 saturated carbocycles. The van der Waals surface area contributed by atoms with Crippen LogP contribution in [-0.2, 0) is 4.43 Å². The monoisotopic (exact) mass is 364 g/mol. The third-order valence-corrected chi connectivity index (χ3v) is 11.7.